The Bertz CT molecular complexity index is 214. The van der Waals surface area contributed by atoms with Crippen LogP contribution in [0.25, 0.3) is 0 Å². The molecule has 0 aromatic carbocycles. The normalized spacial score (nSPS) is 24.1. The van der Waals surface area contributed by atoms with E-state index in [4.69, 9.17) is 5.73 Å². The topological polar surface area (TPSA) is 55.1 Å². The maximum Gasteiger partial charge on any atom is 0.220 e. The van der Waals surface area contributed by atoms with E-state index in [-0.39, 0.29) is 5.91 Å². The van der Waals surface area contributed by atoms with E-state index in [9.17, 15) is 4.79 Å². The van der Waals surface area contributed by atoms with E-state index in [1.165, 1.54) is 6.42 Å². The largest absolute Gasteiger partial charge is 0.353 e. The maximum atomic E-state index is 11.5. The number of carbonyl (C=O) groups excluding carboxylic acids is 1. The summed E-state index contributed by atoms with van der Waals surface area (Å²) >= 11 is 0. The number of nitrogens with two attached hydrogens (primary N) is 1. The molecule has 0 aromatic rings. The summed E-state index contributed by atoms with van der Waals surface area (Å²) in [6.45, 7) is 5.23. The molecule has 15 heavy (non-hydrogen) atoms. The van der Waals surface area contributed by atoms with Gasteiger partial charge in [0.2, 0.25) is 5.91 Å². The number of rotatable bonds is 5. The van der Waals surface area contributed by atoms with E-state index in [1.54, 1.807) is 0 Å². The highest BCUT2D eigenvalue weighted by Crippen LogP contribution is 2.36. The molecule has 0 aromatic heterocycles. The average molecular weight is 212 g/mol. The summed E-state index contributed by atoms with van der Waals surface area (Å²) in [7, 11) is 0. The lowest BCUT2D eigenvalue weighted by Crippen LogP contribution is -2.33. The third kappa shape index (κ3) is 4.65. The number of carbonyl (C=O) groups is 1. The molecule has 0 saturated heterocycles. The number of unbranched alkanes of at least 4 members (excludes halogenated alkanes) is 1. The minimum atomic E-state index is 0.200. The lowest BCUT2D eigenvalue weighted by Gasteiger charge is -2.17. The van der Waals surface area contributed by atoms with Gasteiger partial charge in [-0.2, -0.15) is 0 Å². The molecule has 1 aliphatic rings. The Kier molecular flexibility index (Phi) is 4.58. The van der Waals surface area contributed by atoms with Gasteiger partial charge in [-0.25, -0.2) is 0 Å². The van der Waals surface area contributed by atoms with E-state index in [1.807, 2.05) is 0 Å². The highest BCUT2D eigenvalue weighted by atomic mass is 16.1. The number of amides is 1. The second kappa shape index (κ2) is 5.50. The third-order valence-corrected chi connectivity index (χ3v) is 3.19. The van der Waals surface area contributed by atoms with Crippen LogP contribution in [0.3, 0.4) is 0 Å². The van der Waals surface area contributed by atoms with Gasteiger partial charge >= 0.3 is 0 Å². The third-order valence-electron chi connectivity index (χ3n) is 3.19. The molecule has 0 heterocycles. The van der Waals surface area contributed by atoms with Crippen molar-refractivity contribution >= 4 is 5.91 Å². The number of hydrogen-bond donors (Lipinski definition) is 2. The second-order valence-corrected chi connectivity index (χ2v) is 5.42. The van der Waals surface area contributed by atoms with Crippen LogP contribution in [0.2, 0.25) is 0 Å². The van der Waals surface area contributed by atoms with Gasteiger partial charge in [-0.3, -0.25) is 4.79 Å². The van der Waals surface area contributed by atoms with Crippen molar-refractivity contribution < 1.29 is 4.79 Å². The zero-order valence-corrected chi connectivity index (χ0v) is 10.0. The lowest BCUT2D eigenvalue weighted by atomic mass is 9.92. The minimum Gasteiger partial charge on any atom is -0.353 e. The Balaban J connectivity index is 2.16. The molecule has 3 heteroatoms. The number of nitrogens with one attached hydrogen (secondary N) is 1. The molecule has 0 radical (unpaired) electrons. The van der Waals surface area contributed by atoms with Crippen LogP contribution in [0.1, 0.15) is 52.4 Å². The van der Waals surface area contributed by atoms with Crippen molar-refractivity contribution in [2.24, 2.45) is 11.1 Å². The Morgan fingerprint density at radius 3 is 2.73 bits per heavy atom. The standard InChI is InChI=1S/C12H24N2O/c1-12(2)7-6-10(9-12)14-11(15)5-3-4-8-13/h10H,3-9,13H2,1-2H3,(H,14,15). The molecule has 1 aliphatic carbocycles. The van der Waals surface area contributed by atoms with Gasteiger partial charge < -0.3 is 11.1 Å². The summed E-state index contributed by atoms with van der Waals surface area (Å²) in [6.07, 6.45) is 5.97. The summed E-state index contributed by atoms with van der Waals surface area (Å²) in [6, 6.07) is 0.408. The van der Waals surface area contributed by atoms with Crippen LogP contribution in [-0.2, 0) is 4.79 Å². The molecule has 1 atom stereocenters. The van der Waals surface area contributed by atoms with E-state index in [0.29, 0.717) is 24.4 Å². The molecule has 1 unspecified atom stereocenters. The van der Waals surface area contributed by atoms with Gasteiger partial charge in [0.25, 0.3) is 0 Å². The van der Waals surface area contributed by atoms with Gasteiger partial charge in [-0.15, -0.1) is 0 Å². The Morgan fingerprint density at radius 2 is 2.20 bits per heavy atom. The van der Waals surface area contributed by atoms with Crippen LogP contribution in [0.5, 0.6) is 0 Å². The quantitative estimate of drug-likeness (QED) is 0.683. The van der Waals surface area contributed by atoms with Crippen molar-refractivity contribution in [1.82, 2.24) is 5.32 Å². The fourth-order valence-electron chi connectivity index (χ4n) is 2.29. The SMILES string of the molecule is CC1(C)CCC(NC(=O)CCCCN)C1. The van der Waals surface area contributed by atoms with Crippen molar-refractivity contribution in [2.75, 3.05) is 6.54 Å². The Morgan fingerprint density at radius 1 is 1.47 bits per heavy atom. The summed E-state index contributed by atoms with van der Waals surface area (Å²) in [4.78, 5) is 11.5. The summed E-state index contributed by atoms with van der Waals surface area (Å²) in [5, 5.41) is 3.11. The fourth-order valence-corrected chi connectivity index (χ4v) is 2.29. The minimum absolute atomic E-state index is 0.200. The van der Waals surface area contributed by atoms with Crippen molar-refractivity contribution in [3.63, 3.8) is 0 Å². The molecule has 1 rings (SSSR count). The molecular formula is C12H24N2O. The molecule has 3 nitrogen and oxygen atoms in total. The molecule has 3 N–H and O–H groups in total. The zero-order chi connectivity index (χ0) is 11.3. The van der Waals surface area contributed by atoms with E-state index in [2.05, 4.69) is 19.2 Å². The molecule has 88 valence electrons. The molecule has 1 fully saturated rings. The van der Waals surface area contributed by atoms with E-state index >= 15 is 0 Å². The van der Waals surface area contributed by atoms with Crippen molar-refractivity contribution in [3.8, 4) is 0 Å². The van der Waals surface area contributed by atoms with Crippen molar-refractivity contribution in [2.45, 2.75) is 58.4 Å². The van der Waals surface area contributed by atoms with Gasteiger partial charge in [0.15, 0.2) is 0 Å². The van der Waals surface area contributed by atoms with Crippen LogP contribution < -0.4 is 11.1 Å². The Hall–Kier alpha value is -0.570. The zero-order valence-electron chi connectivity index (χ0n) is 10.0. The molecule has 1 amide bonds. The van der Waals surface area contributed by atoms with Crippen LogP contribution >= 0.6 is 0 Å². The maximum absolute atomic E-state index is 11.5. The van der Waals surface area contributed by atoms with E-state index in [0.717, 1.165) is 25.7 Å². The van der Waals surface area contributed by atoms with Gasteiger partial charge in [0.1, 0.15) is 0 Å². The first-order valence-corrected chi connectivity index (χ1v) is 6.03. The first-order chi connectivity index (χ1) is 7.03. The summed E-state index contributed by atoms with van der Waals surface area (Å²) in [5.41, 5.74) is 5.79. The van der Waals surface area contributed by atoms with Gasteiger partial charge in [0, 0.05) is 12.5 Å². The van der Waals surface area contributed by atoms with Crippen LogP contribution in [-0.4, -0.2) is 18.5 Å². The lowest BCUT2D eigenvalue weighted by molar-refractivity contribution is -0.121. The molecule has 0 bridgehead atoms. The first-order valence-electron chi connectivity index (χ1n) is 6.03. The summed E-state index contributed by atoms with van der Waals surface area (Å²) in [5.74, 6) is 0.200. The smallest absolute Gasteiger partial charge is 0.220 e. The van der Waals surface area contributed by atoms with E-state index < -0.39 is 0 Å². The highest BCUT2D eigenvalue weighted by molar-refractivity contribution is 5.76. The molecule has 0 aliphatic heterocycles. The van der Waals surface area contributed by atoms with Gasteiger partial charge in [0.05, 0.1) is 0 Å². The van der Waals surface area contributed by atoms with Gasteiger partial charge in [-0.1, -0.05) is 13.8 Å². The van der Waals surface area contributed by atoms with Crippen LogP contribution in [0, 0.1) is 5.41 Å². The fraction of sp³-hybridized carbons (Fsp3) is 0.917. The first kappa shape index (κ1) is 12.5. The predicted molar refractivity (Wildman–Crippen MR) is 62.5 cm³/mol. The molecular weight excluding hydrogens is 188 g/mol. The average Bonchev–Trinajstić information content (AvgIpc) is 2.46. The molecule has 1 saturated carbocycles. The molecule has 0 spiro atoms. The Labute approximate surface area is 92.8 Å². The van der Waals surface area contributed by atoms with Crippen LogP contribution in [0.15, 0.2) is 0 Å². The van der Waals surface area contributed by atoms with Gasteiger partial charge in [-0.05, 0) is 44.1 Å². The number of hydrogen-bond acceptors (Lipinski definition) is 2. The van der Waals surface area contributed by atoms with Crippen molar-refractivity contribution in [3.05, 3.63) is 0 Å². The van der Waals surface area contributed by atoms with Crippen molar-refractivity contribution in [1.29, 1.82) is 0 Å². The summed E-state index contributed by atoms with van der Waals surface area (Å²) < 4.78 is 0. The highest BCUT2D eigenvalue weighted by Gasteiger charge is 2.31. The monoisotopic (exact) mass is 212 g/mol. The predicted octanol–water partition coefficient (Wildman–Crippen LogP) is 1.81. The second-order valence-electron chi connectivity index (χ2n) is 5.42. The van der Waals surface area contributed by atoms with Crippen LogP contribution in [0.4, 0.5) is 0 Å².